The number of alkyl halides is 6. The zero-order chi connectivity index (χ0) is 35.3. The largest absolute Gasteiger partial charge is 0.522 e. The summed E-state index contributed by atoms with van der Waals surface area (Å²) >= 11 is 3.61. The molecule has 0 saturated carbocycles. The van der Waals surface area contributed by atoms with Gasteiger partial charge in [0.1, 0.15) is 0 Å². The highest BCUT2D eigenvalue weighted by Crippen LogP contribution is 2.29. The summed E-state index contributed by atoms with van der Waals surface area (Å²) in [6.07, 6.45) is 0. The summed E-state index contributed by atoms with van der Waals surface area (Å²) in [6, 6.07) is 34.5. The summed E-state index contributed by atoms with van der Waals surface area (Å²) in [5.74, 6) is 0. The van der Waals surface area contributed by atoms with Gasteiger partial charge in [0.05, 0.1) is 0 Å². The first-order chi connectivity index (χ1) is 21.0. The van der Waals surface area contributed by atoms with Crippen molar-refractivity contribution in [1.29, 1.82) is 0 Å². The van der Waals surface area contributed by atoms with Crippen molar-refractivity contribution in [1.82, 2.24) is 0 Å². The molecule has 4 aromatic rings. The van der Waals surface area contributed by atoms with Gasteiger partial charge in [-0.3, -0.25) is 9.11 Å². The van der Waals surface area contributed by atoms with Crippen LogP contribution in [0.1, 0.15) is 22.3 Å². The summed E-state index contributed by atoms with van der Waals surface area (Å²) in [4.78, 5) is 5.18. The molecular weight excluding hydrogens is 699 g/mol. The van der Waals surface area contributed by atoms with Crippen LogP contribution in [0.15, 0.2) is 117 Å². The fourth-order valence-corrected chi connectivity index (χ4v) is 4.33. The summed E-state index contributed by atoms with van der Waals surface area (Å²) in [7, 11) is -11.7. The maximum atomic E-state index is 10.7. The Balaban J connectivity index is 0.000000322. The molecule has 0 amide bonds. The normalized spacial score (nSPS) is 11.6. The van der Waals surface area contributed by atoms with Gasteiger partial charge >= 0.3 is 31.3 Å². The van der Waals surface area contributed by atoms with Gasteiger partial charge in [-0.05, 0) is 76.2 Å². The van der Waals surface area contributed by atoms with E-state index in [4.69, 9.17) is 25.9 Å². The Morgan fingerprint density at radius 3 is 0.652 bits per heavy atom. The van der Waals surface area contributed by atoms with Crippen LogP contribution in [-0.2, 0) is 20.2 Å². The Hall–Kier alpha value is -3.02. The molecule has 252 valence electrons. The van der Waals surface area contributed by atoms with Gasteiger partial charge in [0.2, 0.25) is 0 Å². The second kappa shape index (κ2) is 17.8. The van der Waals surface area contributed by atoms with Crippen LogP contribution in [0.2, 0.25) is 0 Å². The third-order valence-corrected chi connectivity index (χ3v) is 8.34. The molecule has 0 bridgehead atoms. The molecule has 0 saturated heterocycles. The number of rotatable bonds is 4. The SMILES string of the molecule is Cc1ccc(Sc2ccc(C)cc2)cc1.Cc1ccc(Sc2ccc(C)cc2)cc1.O=S(=O)(O)C(F)(F)F.O=S(=O)(O)C(F)(F)F. The molecule has 0 unspecified atom stereocenters. The van der Waals surface area contributed by atoms with Gasteiger partial charge in [0, 0.05) is 19.6 Å². The minimum atomic E-state index is -5.84. The predicted octanol–water partition coefficient (Wildman–Crippen LogP) is 9.70. The van der Waals surface area contributed by atoms with Crippen molar-refractivity contribution >= 4 is 43.8 Å². The van der Waals surface area contributed by atoms with Crippen LogP contribution < -0.4 is 0 Å². The van der Waals surface area contributed by atoms with Gasteiger partial charge in [0.25, 0.3) is 0 Å². The van der Waals surface area contributed by atoms with Crippen molar-refractivity contribution in [3.8, 4) is 0 Å². The first kappa shape index (κ1) is 41.0. The summed E-state index contributed by atoms with van der Waals surface area (Å²) in [5.41, 5.74) is -5.84. The van der Waals surface area contributed by atoms with Gasteiger partial charge in [0.15, 0.2) is 0 Å². The Bertz CT molecular complexity index is 1490. The average Bonchev–Trinajstić information content (AvgIpc) is 2.93. The van der Waals surface area contributed by atoms with Crippen molar-refractivity contribution in [2.24, 2.45) is 0 Å². The van der Waals surface area contributed by atoms with Crippen LogP contribution in [0, 0.1) is 27.7 Å². The van der Waals surface area contributed by atoms with E-state index in [1.807, 2.05) is 0 Å². The Morgan fingerprint density at radius 2 is 0.543 bits per heavy atom. The fraction of sp³-hybridized carbons (Fsp3) is 0.200. The van der Waals surface area contributed by atoms with Crippen molar-refractivity contribution in [2.45, 2.75) is 58.3 Å². The lowest BCUT2D eigenvalue weighted by atomic mass is 10.2. The van der Waals surface area contributed by atoms with E-state index in [1.54, 1.807) is 23.5 Å². The lowest BCUT2D eigenvalue weighted by Crippen LogP contribution is -2.21. The van der Waals surface area contributed by atoms with Crippen molar-refractivity contribution in [3.63, 3.8) is 0 Å². The maximum Gasteiger partial charge on any atom is 0.522 e. The molecule has 2 N–H and O–H groups in total. The molecule has 6 nitrogen and oxygen atoms in total. The molecule has 4 rings (SSSR count). The molecule has 0 heterocycles. The Kier molecular flexibility index (Phi) is 15.8. The number of aryl methyl sites for hydroxylation is 4. The lowest BCUT2D eigenvalue weighted by molar-refractivity contribution is -0.0514. The van der Waals surface area contributed by atoms with E-state index in [2.05, 4.69) is 125 Å². The maximum absolute atomic E-state index is 10.7. The topological polar surface area (TPSA) is 109 Å². The van der Waals surface area contributed by atoms with Crippen LogP contribution in [0.4, 0.5) is 26.3 Å². The quantitative estimate of drug-likeness (QED) is 0.122. The highest BCUT2D eigenvalue weighted by atomic mass is 32.2. The van der Waals surface area contributed by atoms with Crippen molar-refractivity contribution in [3.05, 3.63) is 119 Å². The molecule has 0 aromatic heterocycles. The van der Waals surface area contributed by atoms with E-state index in [0.29, 0.717) is 0 Å². The van der Waals surface area contributed by atoms with Crippen LogP contribution in [-0.4, -0.2) is 37.0 Å². The van der Waals surface area contributed by atoms with Crippen molar-refractivity contribution in [2.75, 3.05) is 0 Å². The zero-order valence-electron chi connectivity index (χ0n) is 24.7. The second-order valence-corrected chi connectivity index (χ2v) is 14.4. The van der Waals surface area contributed by atoms with Crippen LogP contribution >= 0.6 is 23.5 Å². The van der Waals surface area contributed by atoms with E-state index in [-0.39, 0.29) is 0 Å². The molecule has 0 aliphatic carbocycles. The Labute approximate surface area is 272 Å². The first-order valence-electron chi connectivity index (χ1n) is 12.7. The number of hydrogen-bond acceptors (Lipinski definition) is 6. The van der Waals surface area contributed by atoms with Gasteiger partial charge in [-0.1, -0.05) is 94.3 Å². The monoisotopic (exact) mass is 728 g/mol. The molecule has 0 radical (unpaired) electrons. The van der Waals surface area contributed by atoms with E-state index >= 15 is 0 Å². The van der Waals surface area contributed by atoms with Gasteiger partial charge in [-0.15, -0.1) is 0 Å². The molecule has 0 atom stereocenters. The van der Waals surface area contributed by atoms with Crippen molar-refractivity contribution < 1.29 is 52.3 Å². The van der Waals surface area contributed by atoms with Gasteiger partial charge < -0.3 is 0 Å². The van der Waals surface area contributed by atoms with Crippen LogP contribution in [0.25, 0.3) is 0 Å². The molecule has 0 aliphatic rings. The molecule has 0 aliphatic heterocycles. The number of halogens is 6. The second-order valence-electron chi connectivity index (χ2n) is 9.30. The molecule has 0 spiro atoms. The molecule has 4 aromatic carbocycles. The molecular formula is C30H30F6O6S4. The van der Waals surface area contributed by atoms with E-state index in [9.17, 15) is 26.3 Å². The minimum absolute atomic E-state index is 1.30. The van der Waals surface area contributed by atoms with Crippen LogP contribution in [0.3, 0.4) is 0 Å². The number of hydrogen-bond donors (Lipinski definition) is 2. The van der Waals surface area contributed by atoms with E-state index < -0.39 is 31.3 Å². The summed E-state index contributed by atoms with van der Waals surface area (Å²) in [6.45, 7) is 8.45. The van der Waals surface area contributed by atoms with Gasteiger partial charge in [-0.2, -0.15) is 43.2 Å². The first-order valence-corrected chi connectivity index (χ1v) is 17.2. The zero-order valence-corrected chi connectivity index (χ0v) is 27.9. The average molecular weight is 729 g/mol. The molecule has 0 fully saturated rings. The highest BCUT2D eigenvalue weighted by molar-refractivity contribution is 7.99. The third-order valence-electron chi connectivity index (χ3n) is 5.14. The highest BCUT2D eigenvalue weighted by Gasteiger charge is 2.45. The van der Waals surface area contributed by atoms with Crippen LogP contribution in [0.5, 0.6) is 0 Å². The Morgan fingerprint density at radius 1 is 0.413 bits per heavy atom. The predicted molar refractivity (Wildman–Crippen MR) is 168 cm³/mol. The van der Waals surface area contributed by atoms with Gasteiger partial charge in [-0.25, -0.2) is 0 Å². The smallest absolute Gasteiger partial charge is 0.279 e. The summed E-state index contributed by atoms with van der Waals surface area (Å²) in [5, 5.41) is 0. The fourth-order valence-electron chi connectivity index (χ4n) is 2.70. The third kappa shape index (κ3) is 16.5. The van der Waals surface area contributed by atoms with E-state index in [1.165, 1.54) is 41.8 Å². The molecule has 46 heavy (non-hydrogen) atoms. The minimum Gasteiger partial charge on any atom is -0.279 e. The molecule has 16 heteroatoms. The standard InChI is InChI=1S/2C14H14S.2CHF3O3S/c2*1-11-3-7-13(8-4-11)15-14-9-5-12(2)6-10-14;2*2-1(3,4)8(5,6)7/h2*3-10H,1-2H3;2*(H,5,6,7). The lowest BCUT2D eigenvalue weighted by Gasteiger charge is -2.02. The summed E-state index contributed by atoms with van der Waals surface area (Å²) < 4.78 is 115. The number of benzene rings is 4. The van der Waals surface area contributed by atoms with E-state index in [0.717, 1.165) is 0 Å².